The Morgan fingerprint density at radius 1 is 1.18 bits per heavy atom. The normalized spacial score (nSPS) is 14.2. The van der Waals surface area contributed by atoms with Gasteiger partial charge in [0.2, 0.25) is 0 Å². The van der Waals surface area contributed by atoms with Crippen LogP contribution < -0.4 is 10.6 Å². The topological polar surface area (TPSA) is 61.9 Å². The molecular weight excluding hydrogens is 362 g/mol. The van der Waals surface area contributed by atoms with Gasteiger partial charge in [-0.1, -0.05) is 12.1 Å². The minimum absolute atomic E-state index is 0.0599. The van der Waals surface area contributed by atoms with Gasteiger partial charge in [-0.3, -0.25) is 9.79 Å². The van der Waals surface area contributed by atoms with E-state index in [0.29, 0.717) is 29.9 Å². The maximum absolute atomic E-state index is 13.3. The molecule has 0 saturated heterocycles. The zero-order valence-electron chi connectivity index (χ0n) is 15.8. The Bertz CT molecular complexity index is 953. The SMILES string of the molecule is CN(C)C(=O)c1cccc(N2CC(N)=C(C=NCc3ccc(F)c(F)c3)C2)c1. The second-order valence-electron chi connectivity index (χ2n) is 6.87. The lowest BCUT2D eigenvalue weighted by molar-refractivity contribution is 0.0827. The minimum Gasteiger partial charge on any atom is -0.400 e. The van der Waals surface area contributed by atoms with Gasteiger partial charge in [0.05, 0.1) is 13.1 Å². The number of hydrogen-bond acceptors (Lipinski definition) is 4. The summed E-state index contributed by atoms with van der Waals surface area (Å²) in [4.78, 5) is 20.1. The molecule has 2 N–H and O–H groups in total. The molecule has 1 aliphatic rings. The van der Waals surface area contributed by atoms with Crippen molar-refractivity contribution in [3.05, 3.63) is 76.5 Å². The molecule has 0 fully saturated rings. The fourth-order valence-corrected chi connectivity index (χ4v) is 2.97. The van der Waals surface area contributed by atoms with Crippen LogP contribution in [0.2, 0.25) is 0 Å². The molecular formula is C21H22F2N4O. The van der Waals surface area contributed by atoms with E-state index in [2.05, 4.69) is 9.89 Å². The van der Waals surface area contributed by atoms with Gasteiger partial charge in [-0.2, -0.15) is 0 Å². The number of nitrogens with two attached hydrogens (primary N) is 1. The molecule has 3 rings (SSSR count). The van der Waals surface area contributed by atoms with Gasteiger partial charge in [0.25, 0.3) is 5.91 Å². The van der Waals surface area contributed by atoms with E-state index in [1.165, 1.54) is 11.0 Å². The van der Waals surface area contributed by atoms with Gasteiger partial charge in [-0.25, -0.2) is 8.78 Å². The number of hydrogen-bond donors (Lipinski definition) is 1. The van der Waals surface area contributed by atoms with E-state index in [0.717, 1.165) is 23.4 Å². The molecule has 5 nitrogen and oxygen atoms in total. The highest BCUT2D eigenvalue weighted by Gasteiger charge is 2.20. The number of halogens is 2. The summed E-state index contributed by atoms with van der Waals surface area (Å²) in [5, 5.41) is 0. The Balaban J connectivity index is 1.66. The van der Waals surface area contributed by atoms with Gasteiger partial charge in [0, 0.05) is 49.4 Å². The smallest absolute Gasteiger partial charge is 0.253 e. The van der Waals surface area contributed by atoms with Crippen molar-refractivity contribution in [1.82, 2.24) is 4.90 Å². The van der Waals surface area contributed by atoms with Crippen molar-refractivity contribution < 1.29 is 13.6 Å². The largest absolute Gasteiger partial charge is 0.400 e. The molecule has 0 spiro atoms. The maximum atomic E-state index is 13.3. The Morgan fingerprint density at radius 3 is 2.68 bits per heavy atom. The van der Waals surface area contributed by atoms with Gasteiger partial charge in [-0.15, -0.1) is 0 Å². The number of aliphatic imine (C=N–C) groups is 1. The standard InChI is InChI=1S/C21H22F2N4O/c1-26(2)21(28)15-4-3-5-17(9-15)27-12-16(20(24)13-27)11-25-10-14-6-7-18(22)19(23)8-14/h3-9,11H,10,12-13,24H2,1-2H3. The molecule has 1 aliphatic heterocycles. The first-order valence-electron chi connectivity index (χ1n) is 8.83. The maximum Gasteiger partial charge on any atom is 0.253 e. The summed E-state index contributed by atoms with van der Waals surface area (Å²) >= 11 is 0. The number of anilines is 1. The van der Waals surface area contributed by atoms with E-state index in [1.807, 2.05) is 18.2 Å². The number of nitrogens with zero attached hydrogens (tertiary/aromatic N) is 3. The molecule has 0 aliphatic carbocycles. The average molecular weight is 384 g/mol. The monoisotopic (exact) mass is 384 g/mol. The Kier molecular flexibility index (Phi) is 5.73. The molecule has 0 atom stereocenters. The fraction of sp³-hybridized carbons (Fsp3) is 0.238. The number of amides is 1. The first-order valence-corrected chi connectivity index (χ1v) is 8.83. The zero-order valence-corrected chi connectivity index (χ0v) is 15.8. The molecule has 0 aromatic heterocycles. The average Bonchev–Trinajstić information content (AvgIpc) is 3.05. The lowest BCUT2D eigenvalue weighted by atomic mass is 10.1. The van der Waals surface area contributed by atoms with Crippen molar-refractivity contribution in [1.29, 1.82) is 0 Å². The van der Waals surface area contributed by atoms with E-state index < -0.39 is 11.6 Å². The molecule has 1 amide bonds. The fourth-order valence-electron chi connectivity index (χ4n) is 2.97. The zero-order chi connectivity index (χ0) is 20.3. The summed E-state index contributed by atoms with van der Waals surface area (Å²) in [6.45, 7) is 1.33. The van der Waals surface area contributed by atoms with Crippen LogP contribution in [0.3, 0.4) is 0 Å². The molecule has 0 bridgehead atoms. The van der Waals surface area contributed by atoms with Crippen LogP contribution in [0.15, 0.2) is 58.7 Å². The molecule has 0 unspecified atom stereocenters. The summed E-state index contributed by atoms with van der Waals surface area (Å²) in [7, 11) is 3.43. The minimum atomic E-state index is -0.884. The summed E-state index contributed by atoms with van der Waals surface area (Å²) in [6, 6.07) is 11.1. The van der Waals surface area contributed by atoms with Crippen molar-refractivity contribution in [3.8, 4) is 0 Å². The van der Waals surface area contributed by atoms with E-state index in [1.54, 1.807) is 26.4 Å². The van der Waals surface area contributed by atoms with Crippen LogP contribution in [0.5, 0.6) is 0 Å². The Labute approximate surface area is 162 Å². The van der Waals surface area contributed by atoms with Crippen molar-refractivity contribution in [2.45, 2.75) is 6.54 Å². The predicted octanol–water partition coefficient (Wildman–Crippen LogP) is 2.97. The number of carbonyl (C=O) groups excluding carboxylic acids is 1. The summed E-state index contributed by atoms with van der Waals surface area (Å²) in [5.41, 5.74) is 9.80. The van der Waals surface area contributed by atoms with Gasteiger partial charge >= 0.3 is 0 Å². The van der Waals surface area contributed by atoms with Gasteiger partial charge in [0.15, 0.2) is 11.6 Å². The van der Waals surface area contributed by atoms with E-state index >= 15 is 0 Å². The molecule has 7 heteroatoms. The number of carbonyl (C=O) groups is 1. The Hall–Kier alpha value is -3.22. The van der Waals surface area contributed by atoms with E-state index in [4.69, 9.17) is 5.73 Å². The van der Waals surface area contributed by atoms with Crippen molar-refractivity contribution >= 4 is 17.8 Å². The summed E-state index contributed by atoms with van der Waals surface area (Å²) in [5.74, 6) is -1.82. The van der Waals surface area contributed by atoms with Crippen molar-refractivity contribution in [2.24, 2.45) is 10.7 Å². The van der Waals surface area contributed by atoms with Crippen LogP contribution in [0.1, 0.15) is 15.9 Å². The second-order valence-corrected chi connectivity index (χ2v) is 6.87. The Morgan fingerprint density at radius 2 is 1.96 bits per heavy atom. The lowest BCUT2D eigenvalue weighted by Gasteiger charge is -2.19. The first kappa shape index (κ1) is 19.5. The molecule has 146 valence electrons. The highest BCUT2D eigenvalue weighted by Crippen LogP contribution is 2.23. The second kappa shape index (κ2) is 8.21. The molecule has 0 radical (unpaired) electrons. The molecule has 0 saturated carbocycles. The van der Waals surface area contributed by atoms with Crippen molar-refractivity contribution in [2.75, 3.05) is 32.1 Å². The molecule has 1 heterocycles. The highest BCUT2D eigenvalue weighted by molar-refractivity contribution is 5.95. The van der Waals surface area contributed by atoms with Crippen molar-refractivity contribution in [3.63, 3.8) is 0 Å². The van der Waals surface area contributed by atoms with Crippen LogP contribution in [0.4, 0.5) is 14.5 Å². The number of benzene rings is 2. The van der Waals surface area contributed by atoms with E-state index in [-0.39, 0.29) is 12.5 Å². The highest BCUT2D eigenvalue weighted by atomic mass is 19.2. The van der Waals surface area contributed by atoms with Crippen LogP contribution in [0, 0.1) is 11.6 Å². The van der Waals surface area contributed by atoms with Crippen LogP contribution in [0.25, 0.3) is 0 Å². The molecule has 2 aromatic carbocycles. The summed E-state index contributed by atoms with van der Waals surface area (Å²) in [6.07, 6.45) is 1.67. The third kappa shape index (κ3) is 4.36. The summed E-state index contributed by atoms with van der Waals surface area (Å²) < 4.78 is 26.2. The predicted molar refractivity (Wildman–Crippen MR) is 106 cm³/mol. The number of rotatable bonds is 5. The first-order chi connectivity index (χ1) is 13.3. The third-order valence-corrected chi connectivity index (χ3v) is 4.50. The third-order valence-electron chi connectivity index (χ3n) is 4.50. The molecule has 28 heavy (non-hydrogen) atoms. The van der Waals surface area contributed by atoms with Gasteiger partial charge in [-0.05, 0) is 35.9 Å². The van der Waals surface area contributed by atoms with Crippen LogP contribution in [-0.4, -0.2) is 44.2 Å². The van der Waals surface area contributed by atoms with E-state index in [9.17, 15) is 13.6 Å². The van der Waals surface area contributed by atoms with Gasteiger partial charge in [0.1, 0.15) is 0 Å². The molecule has 2 aromatic rings. The van der Waals surface area contributed by atoms with Crippen LogP contribution in [-0.2, 0) is 6.54 Å². The van der Waals surface area contributed by atoms with Gasteiger partial charge < -0.3 is 15.5 Å². The lowest BCUT2D eigenvalue weighted by Crippen LogP contribution is -2.24. The van der Waals surface area contributed by atoms with Crippen LogP contribution >= 0.6 is 0 Å². The quantitative estimate of drug-likeness (QED) is 0.807.